The number of fused-ring (bicyclic) bond motifs is 1. The van der Waals surface area contributed by atoms with Crippen molar-refractivity contribution in [3.8, 4) is 0 Å². The van der Waals surface area contributed by atoms with Crippen molar-refractivity contribution in [3.05, 3.63) is 35.4 Å². The molecule has 2 aliphatic heterocycles. The summed E-state index contributed by atoms with van der Waals surface area (Å²) in [6.07, 6.45) is 2.67. The molecule has 2 heterocycles. The van der Waals surface area contributed by atoms with Gasteiger partial charge in [-0.05, 0) is 30.4 Å². The minimum Gasteiger partial charge on any atom is -0.329 e. The summed E-state index contributed by atoms with van der Waals surface area (Å²) in [4.78, 5) is 0. The third-order valence-electron chi connectivity index (χ3n) is 4.27. The van der Waals surface area contributed by atoms with Crippen LogP contribution >= 0.6 is 0 Å². The van der Waals surface area contributed by atoms with Crippen LogP contribution in [-0.2, 0) is 16.6 Å². The minimum absolute atomic E-state index is 0.231. The average molecular weight is 295 g/mol. The van der Waals surface area contributed by atoms with Gasteiger partial charge in [-0.1, -0.05) is 24.3 Å². The Balaban J connectivity index is 1.95. The molecule has 0 aliphatic carbocycles. The van der Waals surface area contributed by atoms with Gasteiger partial charge < -0.3 is 5.73 Å². The molecule has 20 heavy (non-hydrogen) atoms. The van der Waals surface area contributed by atoms with Crippen LogP contribution in [0.15, 0.2) is 24.3 Å². The SMILES string of the molecule is NCC1c2ccccc2CCN1S(=O)(=O)N1CCCC1. The van der Waals surface area contributed by atoms with Crippen molar-refractivity contribution in [2.45, 2.75) is 25.3 Å². The number of hydrogen-bond donors (Lipinski definition) is 1. The average Bonchev–Trinajstić information content (AvgIpc) is 3.00. The molecule has 1 unspecified atom stereocenters. The summed E-state index contributed by atoms with van der Waals surface area (Å²) in [6, 6.07) is 7.78. The Kier molecular flexibility index (Phi) is 3.81. The molecule has 5 nitrogen and oxygen atoms in total. The molecule has 0 bridgehead atoms. The maximum Gasteiger partial charge on any atom is 0.282 e. The number of hydrogen-bond acceptors (Lipinski definition) is 3. The largest absolute Gasteiger partial charge is 0.329 e. The fourth-order valence-electron chi connectivity index (χ4n) is 3.22. The Morgan fingerprint density at radius 3 is 2.55 bits per heavy atom. The van der Waals surface area contributed by atoms with Gasteiger partial charge in [-0.15, -0.1) is 0 Å². The van der Waals surface area contributed by atoms with Crippen LogP contribution in [0.5, 0.6) is 0 Å². The van der Waals surface area contributed by atoms with E-state index < -0.39 is 10.2 Å². The highest BCUT2D eigenvalue weighted by atomic mass is 32.2. The van der Waals surface area contributed by atoms with E-state index in [2.05, 4.69) is 6.07 Å². The van der Waals surface area contributed by atoms with Gasteiger partial charge in [0.25, 0.3) is 10.2 Å². The topological polar surface area (TPSA) is 66.6 Å². The zero-order valence-electron chi connectivity index (χ0n) is 11.5. The summed E-state index contributed by atoms with van der Waals surface area (Å²) in [6.45, 7) is 2.12. The van der Waals surface area contributed by atoms with E-state index in [0.717, 1.165) is 24.8 Å². The second kappa shape index (κ2) is 5.44. The van der Waals surface area contributed by atoms with Gasteiger partial charge in [0.1, 0.15) is 0 Å². The van der Waals surface area contributed by atoms with Crippen molar-refractivity contribution in [3.63, 3.8) is 0 Å². The fraction of sp³-hybridized carbons (Fsp3) is 0.571. The molecule has 1 aromatic rings. The molecule has 3 rings (SSSR count). The van der Waals surface area contributed by atoms with E-state index in [-0.39, 0.29) is 6.04 Å². The Morgan fingerprint density at radius 2 is 1.85 bits per heavy atom. The predicted octanol–water partition coefficient (Wildman–Crippen LogP) is 0.885. The number of benzene rings is 1. The van der Waals surface area contributed by atoms with Crippen LogP contribution < -0.4 is 5.73 Å². The first-order valence-corrected chi connectivity index (χ1v) is 8.59. The highest BCUT2D eigenvalue weighted by molar-refractivity contribution is 7.86. The van der Waals surface area contributed by atoms with Gasteiger partial charge in [0.2, 0.25) is 0 Å². The molecule has 0 spiro atoms. The molecule has 2 N–H and O–H groups in total. The van der Waals surface area contributed by atoms with E-state index in [1.807, 2.05) is 18.2 Å². The van der Waals surface area contributed by atoms with Crippen LogP contribution in [0.3, 0.4) is 0 Å². The molecular weight excluding hydrogens is 274 g/mol. The second-order valence-corrected chi connectivity index (χ2v) is 7.31. The number of nitrogens with zero attached hydrogens (tertiary/aromatic N) is 2. The van der Waals surface area contributed by atoms with E-state index >= 15 is 0 Å². The molecule has 110 valence electrons. The molecule has 6 heteroatoms. The summed E-state index contributed by atoms with van der Waals surface area (Å²) in [7, 11) is -3.38. The van der Waals surface area contributed by atoms with E-state index in [1.165, 1.54) is 5.56 Å². The summed E-state index contributed by atoms with van der Waals surface area (Å²) in [5.41, 5.74) is 8.16. The zero-order chi connectivity index (χ0) is 14.2. The molecule has 0 radical (unpaired) electrons. The molecule has 0 amide bonds. The van der Waals surface area contributed by atoms with Crippen LogP contribution in [0, 0.1) is 0 Å². The van der Waals surface area contributed by atoms with Crippen LogP contribution in [-0.4, -0.2) is 43.2 Å². The summed E-state index contributed by atoms with van der Waals surface area (Å²) >= 11 is 0. The Labute approximate surface area is 120 Å². The first kappa shape index (κ1) is 14.0. The van der Waals surface area contributed by atoms with Gasteiger partial charge in [0.05, 0.1) is 6.04 Å². The highest BCUT2D eigenvalue weighted by Crippen LogP contribution is 2.32. The van der Waals surface area contributed by atoms with E-state index in [4.69, 9.17) is 5.73 Å². The molecule has 1 atom stereocenters. The lowest BCUT2D eigenvalue weighted by Gasteiger charge is -2.37. The number of nitrogens with two attached hydrogens (primary N) is 1. The van der Waals surface area contributed by atoms with Gasteiger partial charge in [-0.3, -0.25) is 0 Å². The number of rotatable bonds is 3. The van der Waals surface area contributed by atoms with Gasteiger partial charge in [0, 0.05) is 26.2 Å². The van der Waals surface area contributed by atoms with Gasteiger partial charge >= 0.3 is 0 Å². The maximum atomic E-state index is 12.8. The van der Waals surface area contributed by atoms with Crippen molar-refractivity contribution < 1.29 is 8.42 Å². The van der Waals surface area contributed by atoms with E-state index in [1.54, 1.807) is 8.61 Å². The summed E-state index contributed by atoms with van der Waals surface area (Å²) < 4.78 is 28.7. The molecule has 1 fully saturated rings. The third-order valence-corrected chi connectivity index (χ3v) is 6.32. The van der Waals surface area contributed by atoms with Crippen molar-refractivity contribution in [1.29, 1.82) is 0 Å². The Morgan fingerprint density at radius 1 is 1.15 bits per heavy atom. The van der Waals surface area contributed by atoms with Crippen LogP contribution in [0.2, 0.25) is 0 Å². The lowest BCUT2D eigenvalue weighted by atomic mass is 9.94. The zero-order valence-corrected chi connectivity index (χ0v) is 12.3. The van der Waals surface area contributed by atoms with Gasteiger partial charge in [-0.2, -0.15) is 17.0 Å². The lowest BCUT2D eigenvalue weighted by molar-refractivity contribution is 0.286. The summed E-state index contributed by atoms with van der Waals surface area (Å²) in [5.74, 6) is 0. The summed E-state index contributed by atoms with van der Waals surface area (Å²) in [5, 5.41) is 0. The quantitative estimate of drug-likeness (QED) is 0.900. The van der Waals surface area contributed by atoms with Crippen molar-refractivity contribution >= 4 is 10.2 Å². The van der Waals surface area contributed by atoms with Crippen LogP contribution in [0.25, 0.3) is 0 Å². The molecule has 1 saturated heterocycles. The molecule has 0 saturated carbocycles. The molecule has 1 aromatic carbocycles. The minimum atomic E-state index is -3.38. The van der Waals surface area contributed by atoms with Gasteiger partial charge in [0.15, 0.2) is 0 Å². The molecule has 0 aromatic heterocycles. The van der Waals surface area contributed by atoms with Crippen molar-refractivity contribution in [2.24, 2.45) is 5.73 Å². The second-order valence-electron chi connectivity index (χ2n) is 5.42. The Bertz CT molecular complexity index is 582. The highest BCUT2D eigenvalue weighted by Gasteiger charge is 2.38. The fourth-order valence-corrected chi connectivity index (χ4v) is 5.08. The van der Waals surface area contributed by atoms with Crippen molar-refractivity contribution in [2.75, 3.05) is 26.2 Å². The third kappa shape index (κ3) is 2.26. The smallest absolute Gasteiger partial charge is 0.282 e. The van der Waals surface area contributed by atoms with Crippen LogP contribution in [0.1, 0.15) is 30.0 Å². The van der Waals surface area contributed by atoms with Crippen molar-refractivity contribution in [1.82, 2.24) is 8.61 Å². The predicted molar refractivity (Wildman–Crippen MR) is 78.4 cm³/mol. The van der Waals surface area contributed by atoms with E-state index in [0.29, 0.717) is 26.2 Å². The van der Waals surface area contributed by atoms with Crippen LogP contribution in [0.4, 0.5) is 0 Å². The molecule has 2 aliphatic rings. The Hall–Kier alpha value is -0.950. The van der Waals surface area contributed by atoms with E-state index in [9.17, 15) is 8.42 Å². The maximum absolute atomic E-state index is 12.8. The molecular formula is C14H21N3O2S. The van der Waals surface area contributed by atoms with Gasteiger partial charge in [-0.25, -0.2) is 0 Å². The first-order chi connectivity index (χ1) is 9.64. The normalized spacial score (nSPS) is 24.8. The lowest BCUT2D eigenvalue weighted by Crippen LogP contribution is -2.49. The monoisotopic (exact) mass is 295 g/mol. The first-order valence-electron chi connectivity index (χ1n) is 7.19. The standard InChI is InChI=1S/C14H21N3O2S/c15-11-14-13-6-2-1-5-12(13)7-10-17(14)20(18,19)16-8-3-4-9-16/h1-2,5-6,14H,3-4,7-11,15H2.